The summed E-state index contributed by atoms with van der Waals surface area (Å²) in [4.78, 5) is 11.9. The van der Waals surface area contributed by atoms with Gasteiger partial charge in [0.25, 0.3) is 0 Å². The Morgan fingerprint density at radius 3 is 2.57 bits per heavy atom. The fourth-order valence-corrected chi connectivity index (χ4v) is 6.81. The minimum atomic E-state index is -0.524. The third-order valence-electron chi connectivity index (χ3n) is 8.49. The normalized spacial score (nSPS) is 52.5. The molecule has 23 heavy (non-hydrogen) atoms. The molecule has 0 aromatic heterocycles. The number of aliphatic hydroxyl groups is 1. The number of carbonyl (C=O) groups is 1. The second kappa shape index (κ2) is 4.59. The van der Waals surface area contributed by atoms with Crippen molar-refractivity contribution in [3.05, 3.63) is 23.8 Å². The Morgan fingerprint density at radius 1 is 1.13 bits per heavy atom. The molecule has 0 aliphatic heterocycles. The quantitative estimate of drug-likeness (QED) is 0.718. The highest BCUT2D eigenvalue weighted by Gasteiger charge is 2.62. The molecule has 2 nitrogen and oxygen atoms in total. The Bertz CT molecular complexity index is 613. The van der Waals surface area contributed by atoms with E-state index in [9.17, 15) is 9.90 Å². The molecule has 6 atom stereocenters. The van der Waals surface area contributed by atoms with Crippen molar-refractivity contribution in [1.82, 2.24) is 0 Å². The van der Waals surface area contributed by atoms with Gasteiger partial charge in [0.15, 0.2) is 5.78 Å². The Balaban J connectivity index is 1.75. The van der Waals surface area contributed by atoms with Crippen LogP contribution in [0.25, 0.3) is 0 Å². The van der Waals surface area contributed by atoms with Gasteiger partial charge in [-0.15, -0.1) is 0 Å². The number of allylic oxidation sites excluding steroid dienone is 2. The molecule has 126 valence electrons. The Morgan fingerprint density at radius 2 is 1.83 bits per heavy atom. The summed E-state index contributed by atoms with van der Waals surface area (Å²) >= 11 is 0. The standard InChI is InChI=1S/C21H30O2/c1-13-11-15-16(19(2)8-5-14(22)12-18(13)19)6-9-20(3)17(15)7-10-21(20,4)23/h12,15-17,23H,1,5-11H2,2-4H3/t15-,16+,17+,19-,20+,21+/m1/s1. The number of hydrogen-bond acceptors (Lipinski definition) is 2. The van der Waals surface area contributed by atoms with Crippen molar-refractivity contribution in [2.24, 2.45) is 28.6 Å². The van der Waals surface area contributed by atoms with E-state index in [1.807, 2.05) is 6.08 Å². The molecule has 0 heterocycles. The van der Waals surface area contributed by atoms with Crippen LogP contribution >= 0.6 is 0 Å². The van der Waals surface area contributed by atoms with Gasteiger partial charge in [0, 0.05) is 6.42 Å². The summed E-state index contributed by atoms with van der Waals surface area (Å²) in [6, 6.07) is 0. The average molecular weight is 314 g/mol. The summed E-state index contributed by atoms with van der Waals surface area (Å²) in [6.45, 7) is 11.1. The van der Waals surface area contributed by atoms with Crippen molar-refractivity contribution in [2.45, 2.75) is 71.3 Å². The van der Waals surface area contributed by atoms with Gasteiger partial charge in [-0.05, 0) is 85.7 Å². The van der Waals surface area contributed by atoms with Crippen LogP contribution in [-0.4, -0.2) is 16.5 Å². The smallest absolute Gasteiger partial charge is 0.156 e. The molecule has 0 unspecified atom stereocenters. The lowest BCUT2D eigenvalue weighted by Crippen LogP contribution is -2.54. The van der Waals surface area contributed by atoms with Gasteiger partial charge in [-0.3, -0.25) is 4.79 Å². The maximum absolute atomic E-state index is 11.9. The minimum Gasteiger partial charge on any atom is -0.390 e. The van der Waals surface area contributed by atoms with Crippen LogP contribution in [0, 0.1) is 28.6 Å². The van der Waals surface area contributed by atoms with Gasteiger partial charge in [0.2, 0.25) is 0 Å². The molecule has 4 aliphatic rings. The van der Waals surface area contributed by atoms with E-state index >= 15 is 0 Å². The van der Waals surface area contributed by atoms with Gasteiger partial charge in [-0.2, -0.15) is 0 Å². The van der Waals surface area contributed by atoms with Crippen LogP contribution < -0.4 is 0 Å². The number of fused-ring (bicyclic) bond motifs is 5. The first-order valence-electron chi connectivity index (χ1n) is 9.35. The summed E-state index contributed by atoms with van der Waals surface area (Å²) in [5.74, 6) is 2.16. The van der Waals surface area contributed by atoms with Crippen LogP contribution in [0.5, 0.6) is 0 Å². The van der Waals surface area contributed by atoms with E-state index in [1.54, 1.807) is 0 Å². The maximum atomic E-state index is 11.9. The number of ketones is 1. The Hall–Kier alpha value is -0.890. The van der Waals surface area contributed by atoms with Gasteiger partial charge in [-0.25, -0.2) is 0 Å². The molecule has 2 heteroatoms. The maximum Gasteiger partial charge on any atom is 0.156 e. The van der Waals surface area contributed by atoms with Gasteiger partial charge >= 0.3 is 0 Å². The fraction of sp³-hybridized carbons (Fsp3) is 0.762. The lowest BCUT2D eigenvalue weighted by molar-refractivity contribution is -0.121. The molecule has 0 aromatic carbocycles. The van der Waals surface area contributed by atoms with E-state index in [2.05, 4.69) is 27.4 Å². The molecule has 0 amide bonds. The molecule has 0 bridgehead atoms. The molecule has 3 fully saturated rings. The largest absolute Gasteiger partial charge is 0.390 e. The van der Waals surface area contributed by atoms with Crippen molar-refractivity contribution in [3.63, 3.8) is 0 Å². The van der Waals surface area contributed by atoms with Gasteiger partial charge in [0.05, 0.1) is 5.60 Å². The SMILES string of the molecule is C=C1C[C@@H]2[C@H](CC[C@@]3(C)[C@H]2CC[C@]3(C)O)[C@@]2(C)CCC(=O)C=C12. The minimum absolute atomic E-state index is 0.0521. The number of rotatable bonds is 0. The summed E-state index contributed by atoms with van der Waals surface area (Å²) in [7, 11) is 0. The lowest BCUT2D eigenvalue weighted by Gasteiger charge is -2.59. The van der Waals surface area contributed by atoms with Crippen LogP contribution in [0.15, 0.2) is 23.8 Å². The molecule has 4 rings (SSSR count). The molecule has 0 saturated heterocycles. The van der Waals surface area contributed by atoms with Crippen molar-refractivity contribution in [2.75, 3.05) is 0 Å². The first-order valence-corrected chi connectivity index (χ1v) is 9.35. The molecular formula is C21H30O2. The molecule has 0 aromatic rings. The van der Waals surface area contributed by atoms with Crippen molar-refractivity contribution < 1.29 is 9.90 Å². The zero-order valence-corrected chi connectivity index (χ0v) is 14.8. The number of carbonyl (C=O) groups excluding carboxylic acids is 1. The Kier molecular flexibility index (Phi) is 3.12. The lowest BCUT2D eigenvalue weighted by atomic mass is 9.46. The van der Waals surface area contributed by atoms with Crippen LogP contribution in [0.3, 0.4) is 0 Å². The highest BCUT2D eigenvalue weighted by Crippen LogP contribution is 2.67. The van der Waals surface area contributed by atoms with E-state index in [-0.39, 0.29) is 16.6 Å². The summed E-state index contributed by atoms with van der Waals surface area (Å²) < 4.78 is 0. The predicted molar refractivity (Wildman–Crippen MR) is 91.9 cm³/mol. The molecule has 0 radical (unpaired) electrons. The van der Waals surface area contributed by atoms with Crippen molar-refractivity contribution >= 4 is 5.78 Å². The Labute approximate surface area is 140 Å². The first-order chi connectivity index (χ1) is 10.7. The monoisotopic (exact) mass is 314 g/mol. The van der Waals surface area contributed by atoms with E-state index in [4.69, 9.17) is 0 Å². The zero-order chi connectivity index (χ0) is 16.6. The summed E-state index contributed by atoms with van der Waals surface area (Å²) in [6.07, 6.45) is 8.98. The molecule has 0 spiro atoms. The van der Waals surface area contributed by atoms with Gasteiger partial charge < -0.3 is 5.11 Å². The topological polar surface area (TPSA) is 37.3 Å². The van der Waals surface area contributed by atoms with E-state index < -0.39 is 5.60 Å². The third-order valence-corrected chi connectivity index (χ3v) is 8.49. The van der Waals surface area contributed by atoms with E-state index in [0.717, 1.165) is 32.1 Å². The predicted octanol–water partition coefficient (Wildman–Crippen LogP) is 4.44. The van der Waals surface area contributed by atoms with Crippen LogP contribution in [0.1, 0.15) is 65.7 Å². The fourth-order valence-electron chi connectivity index (χ4n) is 6.81. The zero-order valence-electron chi connectivity index (χ0n) is 14.8. The second-order valence-corrected chi connectivity index (χ2v) is 9.39. The molecule has 1 N–H and O–H groups in total. The third kappa shape index (κ3) is 1.88. The first kappa shape index (κ1) is 15.6. The highest BCUT2D eigenvalue weighted by atomic mass is 16.3. The van der Waals surface area contributed by atoms with Crippen LogP contribution in [0.4, 0.5) is 0 Å². The molecule has 3 saturated carbocycles. The van der Waals surface area contributed by atoms with E-state index in [0.29, 0.717) is 24.2 Å². The van der Waals surface area contributed by atoms with Crippen molar-refractivity contribution in [1.29, 1.82) is 0 Å². The van der Waals surface area contributed by atoms with E-state index in [1.165, 1.54) is 17.6 Å². The van der Waals surface area contributed by atoms with Crippen molar-refractivity contribution in [3.8, 4) is 0 Å². The summed E-state index contributed by atoms with van der Waals surface area (Å²) in [5, 5.41) is 11.0. The highest BCUT2D eigenvalue weighted by molar-refractivity contribution is 5.92. The van der Waals surface area contributed by atoms with Crippen LogP contribution in [-0.2, 0) is 4.79 Å². The number of hydrogen-bond donors (Lipinski definition) is 1. The molecule has 4 aliphatic carbocycles. The average Bonchev–Trinajstić information content (AvgIpc) is 2.72. The summed E-state index contributed by atoms with van der Waals surface area (Å²) in [5.41, 5.74) is 2.10. The van der Waals surface area contributed by atoms with Crippen LogP contribution in [0.2, 0.25) is 0 Å². The molecular weight excluding hydrogens is 284 g/mol. The van der Waals surface area contributed by atoms with Gasteiger partial charge in [-0.1, -0.05) is 26.0 Å². The van der Waals surface area contributed by atoms with Gasteiger partial charge in [0.1, 0.15) is 0 Å². The second-order valence-electron chi connectivity index (χ2n) is 9.39.